The van der Waals surface area contributed by atoms with E-state index in [-0.39, 0.29) is 0 Å². The van der Waals surface area contributed by atoms with Crippen molar-refractivity contribution in [1.82, 2.24) is 9.88 Å². The third-order valence-electron chi connectivity index (χ3n) is 7.79. The molecule has 0 atom stereocenters. The summed E-state index contributed by atoms with van der Waals surface area (Å²) < 4.78 is 6.39. The monoisotopic (exact) mass is 530 g/mol. The Hall–Kier alpha value is -3.15. The number of aryl methyl sites for hydroxylation is 1. The zero-order chi connectivity index (χ0) is 26.5. The number of benzene rings is 3. The molecule has 0 amide bonds. The number of piperazine rings is 1. The quantitative estimate of drug-likeness (QED) is 0.230. The van der Waals surface area contributed by atoms with Gasteiger partial charge in [0.25, 0.3) is 0 Å². The van der Waals surface area contributed by atoms with Gasteiger partial charge < -0.3 is 19.5 Å². The van der Waals surface area contributed by atoms with E-state index >= 15 is 0 Å². The number of anilines is 2. The summed E-state index contributed by atoms with van der Waals surface area (Å²) in [4.78, 5) is 10.8. The molecule has 0 saturated carbocycles. The van der Waals surface area contributed by atoms with Crippen LogP contribution in [0.3, 0.4) is 0 Å². The average Bonchev–Trinajstić information content (AvgIpc) is 3.33. The average molecular weight is 531 g/mol. The van der Waals surface area contributed by atoms with E-state index < -0.39 is 0 Å². The number of ether oxygens (including phenoxy) is 1. The van der Waals surface area contributed by atoms with Crippen molar-refractivity contribution in [1.29, 1.82) is 0 Å². The first kappa shape index (κ1) is 26.5. The second kappa shape index (κ2) is 12.1. The maximum absolute atomic E-state index is 6.39. The maximum atomic E-state index is 6.39. The number of aromatic nitrogens is 1. The molecule has 3 aromatic carbocycles. The van der Waals surface area contributed by atoms with Crippen LogP contribution in [0, 0.1) is 6.92 Å². The lowest BCUT2D eigenvalue weighted by molar-refractivity contribution is 0.255. The SMILES string of the molecule is CCN(CC)c1cccc(Oc2cccc(N3CCN(CCCc4c[nH]c5ccc(Cl)cc45)CC3)c2C)c1. The van der Waals surface area contributed by atoms with Gasteiger partial charge in [0.15, 0.2) is 0 Å². The highest BCUT2D eigenvalue weighted by Gasteiger charge is 2.20. The van der Waals surface area contributed by atoms with E-state index in [1.165, 1.54) is 27.9 Å². The Labute approximate surface area is 232 Å². The maximum Gasteiger partial charge on any atom is 0.132 e. The fourth-order valence-corrected chi connectivity index (χ4v) is 5.75. The highest BCUT2D eigenvalue weighted by Crippen LogP contribution is 2.33. The van der Waals surface area contributed by atoms with Crippen molar-refractivity contribution in [2.24, 2.45) is 0 Å². The van der Waals surface area contributed by atoms with Crippen LogP contribution in [-0.2, 0) is 6.42 Å². The first-order valence-electron chi connectivity index (χ1n) is 13.9. The summed E-state index contributed by atoms with van der Waals surface area (Å²) in [7, 11) is 0. The third kappa shape index (κ3) is 5.95. The van der Waals surface area contributed by atoms with Gasteiger partial charge >= 0.3 is 0 Å². The lowest BCUT2D eigenvalue weighted by atomic mass is 10.1. The zero-order valence-electron chi connectivity index (χ0n) is 22.8. The molecule has 1 aliphatic rings. The molecular formula is C32H39ClN4O. The summed E-state index contributed by atoms with van der Waals surface area (Å²) in [6.07, 6.45) is 4.35. The van der Waals surface area contributed by atoms with Crippen molar-refractivity contribution in [3.05, 3.63) is 83.0 Å². The number of hydrogen-bond donors (Lipinski definition) is 1. The van der Waals surface area contributed by atoms with Crippen molar-refractivity contribution in [2.75, 3.05) is 55.6 Å². The van der Waals surface area contributed by atoms with Gasteiger partial charge in [0.2, 0.25) is 0 Å². The van der Waals surface area contributed by atoms with Gasteiger partial charge in [-0.1, -0.05) is 23.7 Å². The topological polar surface area (TPSA) is 34.7 Å². The Bertz CT molecular complexity index is 1350. The van der Waals surface area contributed by atoms with Crippen molar-refractivity contribution in [2.45, 2.75) is 33.6 Å². The first-order valence-corrected chi connectivity index (χ1v) is 14.3. The van der Waals surface area contributed by atoms with Crippen LogP contribution in [0.5, 0.6) is 11.5 Å². The molecule has 1 fully saturated rings. The number of hydrogen-bond acceptors (Lipinski definition) is 4. The molecule has 1 saturated heterocycles. The van der Waals surface area contributed by atoms with Gasteiger partial charge in [-0.25, -0.2) is 0 Å². The summed E-state index contributed by atoms with van der Waals surface area (Å²) in [5.41, 5.74) is 6.20. The number of nitrogens with zero attached hydrogens (tertiary/aromatic N) is 3. The molecule has 200 valence electrons. The summed E-state index contributed by atoms with van der Waals surface area (Å²) >= 11 is 6.22. The molecule has 38 heavy (non-hydrogen) atoms. The van der Waals surface area contributed by atoms with Gasteiger partial charge in [0, 0.05) is 84.4 Å². The first-order chi connectivity index (χ1) is 18.6. The molecule has 0 spiro atoms. The lowest BCUT2D eigenvalue weighted by Crippen LogP contribution is -2.46. The molecule has 1 aliphatic heterocycles. The van der Waals surface area contributed by atoms with Crippen molar-refractivity contribution >= 4 is 33.9 Å². The molecular weight excluding hydrogens is 492 g/mol. The molecule has 0 aliphatic carbocycles. The van der Waals surface area contributed by atoms with Crippen molar-refractivity contribution in [3.63, 3.8) is 0 Å². The minimum absolute atomic E-state index is 0.799. The second-order valence-electron chi connectivity index (χ2n) is 10.1. The van der Waals surface area contributed by atoms with Crippen LogP contribution >= 0.6 is 11.6 Å². The lowest BCUT2D eigenvalue weighted by Gasteiger charge is -2.37. The number of H-pyrrole nitrogens is 1. The number of aromatic amines is 1. The predicted octanol–water partition coefficient (Wildman–Crippen LogP) is 7.52. The van der Waals surface area contributed by atoms with Crippen molar-refractivity contribution in [3.8, 4) is 11.5 Å². The second-order valence-corrected chi connectivity index (χ2v) is 10.5. The minimum Gasteiger partial charge on any atom is -0.457 e. The van der Waals surface area contributed by atoms with E-state index in [1.54, 1.807) is 0 Å². The van der Waals surface area contributed by atoms with Crippen molar-refractivity contribution < 1.29 is 4.74 Å². The van der Waals surface area contributed by atoms with Crippen LogP contribution in [0.4, 0.5) is 11.4 Å². The molecule has 4 aromatic rings. The van der Waals surface area contributed by atoms with E-state index in [1.807, 2.05) is 12.1 Å². The van der Waals surface area contributed by atoms with Gasteiger partial charge in [0.1, 0.15) is 11.5 Å². The van der Waals surface area contributed by atoms with E-state index in [4.69, 9.17) is 16.3 Å². The van der Waals surface area contributed by atoms with E-state index in [9.17, 15) is 0 Å². The van der Waals surface area contributed by atoms with Gasteiger partial charge in [-0.3, -0.25) is 4.90 Å². The highest BCUT2D eigenvalue weighted by molar-refractivity contribution is 6.31. The van der Waals surface area contributed by atoms with Crippen LogP contribution in [-0.4, -0.2) is 55.7 Å². The van der Waals surface area contributed by atoms with Crippen LogP contribution in [0.15, 0.2) is 66.9 Å². The van der Waals surface area contributed by atoms with Crippen LogP contribution < -0.4 is 14.5 Å². The smallest absolute Gasteiger partial charge is 0.132 e. The van der Waals surface area contributed by atoms with Gasteiger partial charge in [-0.2, -0.15) is 0 Å². The molecule has 2 heterocycles. The Morgan fingerprint density at radius 2 is 1.74 bits per heavy atom. The van der Waals surface area contributed by atoms with E-state index in [0.717, 1.165) is 80.7 Å². The normalized spacial score (nSPS) is 14.3. The molecule has 0 bridgehead atoms. The number of fused-ring (bicyclic) bond motifs is 1. The number of nitrogens with one attached hydrogen (secondary N) is 1. The minimum atomic E-state index is 0.799. The molecule has 5 nitrogen and oxygen atoms in total. The number of halogens is 1. The van der Waals surface area contributed by atoms with Gasteiger partial charge in [-0.05, 0) is 88.2 Å². The fraction of sp³-hybridized carbons (Fsp3) is 0.375. The Kier molecular flexibility index (Phi) is 8.45. The van der Waals surface area contributed by atoms with Gasteiger partial charge in [0.05, 0.1) is 0 Å². The van der Waals surface area contributed by atoms with Crippen LogP contribution in [0.25, 0.3) is 10.9 Å². The molecule has 6 heteroatoms. The summed E-state index contributed by atoms with van der Waals surface area (Å²) in [5, 5.41) is 2.05. The van der Waals surface area contributed by atoms with E-state index in [2.05, 4.69) is 95.2 Å². The predicted molar refractivity (Wildman–Crippen MR) is 162 cm³/mol. The molecule has 1 aromatic heterocycles. The Morgan fingerprint density at radius 3 is 2.53 bits per heavy atom. The summed E-state index contributed by atoms with van der Waals surface area (Å²) in [6.45, 7) is 13.9. The zero-order valence-corrected chi connectivity index (χ0v) is 23.6. The Balaban J connectivity index is 1.16. The van der Waals surface area contributed by atoms with Crippen LogP contribution in [0.2, 0.25) is 5.02 Å². The Morgan fingerprint density at radius 1 is 0.947 bits per heavy atom. The largest absolute Gasteiger partial charge is 0.457 e. The number of rotatable bonds is 10. The molecule has 0 unspecified atom stereocenters. The molecule has 5 rings (SSSR count). The molecule has 1 N–H and O–H groups in total. The van der Waals surface area contributed by atoms with Gasteiger partial charge in [-0.15, -0.1) is 0 Å². The molecule has 0 radical (unpaired) electrons. The standard InChI is InChI=1S/C32H39ClN4O/c1-4-36(5-2)27-10-6-11-28(22-27)38-32-13-7-12-31(24(32)3)37-19-17-35(18-20-37)16-8-9-25-23-34-30-15-14-26(33)21-29(25)30/h6-7,10-15,21-23,34H,4-5,8-9,16-20H2,1-3H3. The summed E-state index contributed by atoms with van der Waals surface area (Å²) in [5.74, 6) is 1.82. The highest BCUT2D eigenvalue weighted by atomic mass is 35.5. The fourth-order valence-electron chi connectivity index (χ4n) is 5.58. The summed E-state index contributed by atoms with van der Waals surface area (Å²) in [6, 6.07) is 20.9. The third-order valence-corrected chi connectivity index (χ3v) is 8.03. The van der Waals surface area contributed by atoms with Crippen LogP contribution in [0.1, 0.15) is 31.4 Å². The van der Waals surface area contributed by atoms with E-state index in [0.29, 0.717) is 0 Å².